The van der Waals surface area contributed by atoms with Crippen LogP contribution >= 0.6 is 31.9 Å². The lowest BCUT2D eigenvalue weighted by molar-refractivity contribution is 0.102. The van der Waals surface area contributed by atoms with Crippen molar-refractivity contribution < 1.29 is 9.53 Å². The molecule has 1 amide bonds. The third-order valence-electron chi connectivity index (χ3n) is 2.47. The molecule has 0 aliphatic heterocycles. The molecule has 1 aromatic heterocycles. The fraction of sp³-hybridized carbons (Fsp3) is 0.143. The van der Waals surface area contributed by atoms with Crippen LogP contribution in [0.5, 0.6) is 5.88 Å². The largest absolute Gasteiger partial charge is 0.476 e. The Hall–Kier alpha value is -1.40. The number of carbonyl (C=O) groups excluding carboxylic acids is 1. The Morgan fingerprint density at radius 1 is 1.35 bits per heavy atom. The summed E-state index contributed by atoms with van der Waals surface area (Å²) in [5, 5.41) is 2.80. The molecule has 0 aliphatic carbocycles. The Bertz CT molecular complexity index is 632. The Balaban J connectivity index is 2.26. The summed E-state index contributed by atoms with van der Waals surface area (Å²) in [7, 11) is 0. The number of aromatic nitrogens is 1. The van der Waals surface area contributed by atoms with Crippen LogP contribution in [0.3, 0.4) is 0 Å². The number of rotatable bonds is 4. The van der Waals surface area contributed by atoms with Crippen molar-refractivity contribution in [2.24, 2.45) is 0 Å². The molecule has 0 bridgehead atoms. The van der Waals surface area contributed by atoms with Gasteiger partial charge in [-0.05, 0) is 53.2 Å². The maximum absolute atomic E-state index is 12.3. The summed E-state index contributed by atoms with van der Waals surface area (Å²) >= 11 is 6.72. The third kappa shape index (κ3) is 3.58. The van der Waals surface area contributed by atoms with Crippen LogP contribution in [0.1, 0.15) is 17.3 Å². The van der Waals surface area contributed by atoms with Gasteiger partial charge < -0.3 is 10.1 Å². The van der Waals surface area contributed by atoms with E-state index in [0.717, 1.165) is 8.95 Å². The fourth-order valence-corrected chi connectivity index (χ4v) is 2.39. The molecule has 0 radical (unpaired) electrons. The highest BCUT2D eigenvalue weighted by molar-refractivity contribution is 9.11. The lowest BCUT2D eigenvalue weighted by atomic mass is 10.2. The van der Waals surface area contributed by atoms with Crippen LogP contribution in [-0.4, -0.2) is 17.5 Å². The highest BCUT2D eigenvalue weighted by atomic mass is 79.9. The van der Waals surface area contributed by atoms with E-state index in [-0.39, 0.29) is 5.91 Å². The average Bonchev–Trinajstić information content (AvgIpc) is 2.44. The van der Waals surface area contributed by atoms with Crippen molar-refractivity contribution in [1.82, 2.24) is 4.98 Å². The van der Waals surface area contributed by atoms with Crippen molar-refractivity contribution >= 4 is 43.5 Å². The number of halogens is 2. The number of pyridine rings is 1. The van der Waals surface area contributed by atoms with Gasteiger partial charge in [-0.2, -0.15) is 0 Å². The van der Waals surface area contributed by atoms with Crippen molar-refractivity contribution in [1.29, 1.82) is 0 Å². The van der Waals surface area contributed by atoms with Gasteiger partial charge in [-0.25, -0.2) is 4.98 Å². The van der Waals surface area contributed by atoms with Crippen LogP contribution in [-0.2, 0) is 0 Å². The molecule has 0 spiro atoms. The molecule has 0 fully saturated rings. The second-order valence-corrected chi connectivity index (χ2v) is 5.64. The quantitative estimate of drug-likeness (QED) is 0.835. The molecule has 4 nitrogen and oxygen atoms in total. The first-order chi connectivity index (χ1) is 9.61. The smallest absolute Gasteiger partial charge is 0.256 e. The number of anilines is 1. The Morgan fingerprint density at radius 2 is 2.15 bits per heavy atom. The minimum atomic E-state index is -0.230. The number of carbonyl (C=O) groups is 1. The van der Waals surface area contributed by atoms with Gasteiger partial charge in [-0.1, -0.05) is 15.9 Å². The first-order valence-electron chi connectivity index (χ1n) is 5.96. The summed E-state index contributed by atoms with van der Waals surface area (Å²) in [5.41, 5.74) is 1.08. The van der Waals surface area contributed by atoms with Crippen LogP contribution in [0.2, 0.25) is 0 Å². The molecule has 1 aromatic carbocycles. The van der Waals surface area contributed by atoms with E-state index in [9.17, 15) is 4.79 Å². The van der Waals surface area contributed by atoms with Gasteiger partial charge in [-0.3, -0.25) is 4.79 Å². The predicted octanol–water partition coefficient (Wildman–Crippen LogP) is 4.26. The van der Waals surface area contributed by atoms with Crippen molar-refractivity contribution in [2.75, 3.05) is 11.9 Å². The summed E-state index contributed by atoms with van der Waals surface area (Å²) in [6.45, 7) is 2.35. The minimum absolute atomic E-state index is 0.230. The Labute approximate surface area is 133 Å². The van der Waals surface area contributed by atoms with Gasteiger partial charge in [0, 0.05) is 15.1 Å². The molecule has 0 atom stereocenters. The average molecular weight is 400 g/mol. The van der Waals surface area contributed by atoms with Gasteiger partial charge in [0.1, 0.15) is 5.69 Å². The first kappa shape index (κ1) is 15.0. The standard InChI is InChI=1S/C14H12Br2N2O2/c1-2-20-14-12(4-3-7-17-14)18-13(19)10-8-9(15)5-6-11(10)16/h3-8H,2H2,1H3,(H,18,19). The molecule has 104 valence electrons. The van der Waals surface area contributed by atoms with Gasteiger partial charge >= 0.3 is 0 Å². The van der Waals surface area contributed by atoms with Crippen molar-refractivity contribution in [3.8, 4) is 5.88 Å². The molecular formula is C14H12Br2N2O2. The molecule has 0 unspecified atom stereocenters. The van der Waals surface area contributed by atoms with Crippen molar-refractivity contribution in [3.05, 3.63) is 51.0 Å². The normalized spacial score (nSPS) is 10.2. The van der Waals surface area contributed by atoms with Crippen LogP contribution < -0.4 is 10.1 Å². The molecular weight excluding hydrogens is 388 g/mol. The van der Waals surface area contributed by atoms with E-state index in [1.807, 2.05) is 19.1 Å². The maximum Gasteiger partial charge on any atom is 0.256 e. The highest BCUT2D eigenvalue weighted by Gasteiger charge is 2.13. The molecule has 2 rings (SSSR count). The minimum Gasteiger partial charge on any atom is -0.476 e. The number of hydrogen-bond donors (Lipinski definition) is 1. The molecule has 0 saturated carbocycles. The molecule has 6 heteroatoms. The summed E-state index contributed by atoms with van der Waals surface area (Å²) < 4.78 is 6.94. The third-order valence-corrected chi connectivity index (χ3v) is 3.66. The first-order valence-corrected chi connectivity index (χ1v) is 7.54. The van der Waals surface area contributed by atoms with Crippen molar-refractivity contribution in [2.45, 2.75) is 6.92 Å². The zero-order chi connectivity index (χ0) is 14.5. The summed E-state index contributed by atoms with van der Waals surface area (Å²) in [6, 6.07) is 8.91. The molecule has 0 saturated heterocycles. The van der Waals surface area contributed by atoms with Crippen LogP contribution in [0.15, 0.2) is 45.5 Å². The van der Waals surface area contributed by atoms with E-state index in [2.05, 4.69) is 42.2 Å². The van der Waals surface area contributed by atoms with E-state index in [4.69, 9.17) is 4.74 Å². The molecule has 1 N–H and O–H groups in total. The maximum atomic E-state index is 12.3. The Kier molecular flexibility index (Phi) is 5.14. The van der Waals surface area contributed by atoms with E-state index < -0.39 is 0 Å². The number of hydrogen-bond acceptors (Lipinski definition) is 3. The molecule has 20 heavy (non-hydrogen) atoms. The molecule has 1 heterocycles. The second kappa shape index (κ2) is 6.85. The lowest BCUT2D eigenvalue weighted by Crippen LogP contribution is -2.14. The number of benzene rings is 1. The zero-order valence-corrected chi connectivity index (χ0v) is 13.9. The summed E-state index contributed by atoms with van der Waals surface area (Å²) in [4.78, 5) is 16.4. The Morgan fingerprint density at radius 3 is 2.90 bits per heavy atom. The highest BCUT2D eigenvalue weighted by Crippen LogP contribution is 2.25. The van der Waals surface area contributed by atoms with Crippen LogP contribution in [0.4, 0.5) is 5.69 Å². The fourth-order valence-electron chi connectivity index (χ4n) is 1.60. The molecule has 2 aromatic rings. The van der Waals surface area contributed by atoms with Crippen molar-refractivity contribution in [3.63, 3.8) is 0 Å². The van der Waals surface area contributed by atoms with Gasteiger partial charge in [0.2, 0.25) is 5.88 Å². The van der Waals surface area contributed by atoms with Gasteiger partial charge in [0.05, 0.1) is 12.2 Å². The van der Waals surface area contributed by atoms with Gasteiger partial charge in [0.15, 0.2) is 0 Å². The van der Waals surface area contributed by atoms with Crippen LogP contribution in [0, 0.1) is 0 Å². The zero-order valence-electron chi connectivity index (χ0n) is 10.7. The van der Waals surface area contributed by atoms with Crippen LogP contribution in [0.25, 0.3) is 0 Å². The molecule has 0 aliphatic rings. The predicted molar refractivity (Wildman–Crippen MR) is 85.2 cm³/mol. The second-order valence-electron chi connectivity index (χ2n) is 3.87. The lowest BCUT2D eigenvalue weighted by Gasteiger charge is -2.11. The van der Waals surface area contributed by atoms with E-state index in [1.165, 1.54) is 0 Å². The van der Waals surface area contributed by atoms with E-state index in [1.54, 1.807) is 24.4 Å². The monoisotopic (exact) mass is 398 g/mol. The summed E-state index contributed by atoms with van der Waals surface area (Å²) in [6.07, 6.45) is 1.62. The van der Waals surface area contributed by atoms with E-state index in [0.29, 0.717) is 23.7 Å². The summed E-state index contributed by atoms with van der Waals surface area (Å²) in [5.74, 6) is 0.182. The van der Waals surface area contributed by atoms with E-state index >= 15 is 0 Å². The SMILES string of the molecule is CCOc1ncccc1NC(=O)c1cc(Br)ccc1Br. The van der Waals surface area contributed by atoms with Gasteiger partial charge in [-0.15, -0.1) is 0 Å². The number of nitrogens with one attached hydrogen (secondary N) is 1. The van der Waals surface area contributed by atoms with Gasteiger partial charge in [0.25, 0.3) is 5.91 Å². The number of ether oxygens (including phenoxy) is 1. The topological polar surface area (TPSA) is 51.2 Å². The number of nitrogens with zero attached hydrogens (tertiary/aromatic N) is 1. The number of amides is 1.